The smallest absolute Gasteiger partial charge is 0.223 e. The molecule has 1 fully saturated rings. The summed E-state index contributed by atoms with van der Waals surface area (Å²) >= 11 is 0. The molecule has 1 aromatic heterocycles. The van der Waals surface area contributed by atoms with Crippen molar-refractivity contribution in [2.75, 3.05) is 20.7 Å². The van der Waals surface area contributed by atoms with Crippen molar-refractivity contribution >= 4 is 0 Å². The third kappa shape index (κ3) is 3.20. The molecule has 0 spiro atoms. The minimum Gasteiger partial charge on any atom is -0.503 e. The Morgan fingerprint density at radius 2 is 2.25 bits per heavy atom. The molecule has 2 heterocycles. The van der Waals surface area contributed by atoms with Gasteiger partial charge in [0.2, 0.25) is 5.43 Å². The molecule has 0 bridgehead atoms. The van der Waals surface area contributed by atoms with Crippen LogP contribution in [-0.2, 0) is 24.4 Å². The Kier molecular flexibility index (Phi) is 4.80. The fourth-order valence-corrected chi connectivity index (χ4v) is 2.55. The molecule has 2 N–H and O–H groups in total. The van der Waals surface area contributed by atoms with Crippen LogP contribution in [0.4, 0.5) is 0 Å². The molecule has 2 rings (SSSR count). The maximum Gasteiger partial charge on any atom is 0.223 e. The predicted molar refractivity (Wildman–Crippen MR) is 74.7 cm³/mol. The van der Waals surface area contributed by atoms with E-state index in [9.17, 15) is 15.0 Å². The van der Waals surface area contributed by atoms with Crippen molar-refractivity contribution in [2.24, 2.45) is 0 Å². The summed E-state index contributed by atoms with van der Waals surface area (Å²) in [6.07, 6.45) is 2.05. The second kappa shape index (κ2) is 6.39. The molecule has 1 unspecified atom stereocenters. The molecule has 112 valence electrons. The van der Waals surface area contributed by atoms with Crippen LogP contribution < -0.4 is 5.43 Å². The molecule has 1 atom stereocenters. The molecule has 0 aromatic carbocycles. The number of rotatable bonds is 5. The number of aliphatic hydroxyl groups is 1. The first-order valence-electron chi connectivity index (χ1n) is 6.84. The van der Waals surface area contributed by atoms with Crippen LogP contribution in [-0.4, -0.2) is 46.5 Å². The summed E-state index contributed by atoms with van der Waals surface area (Å²) < 4.78 is 7.42. The summed E-state index contributed by atoms with van der Waals surface area (Å²) in [5.74, 6) is -0.242. The molecular weight excluding hydrogens is 260 g/mol. The molecule has 1 aliphatic heterocycles. The largest absolute Gasteiger partial charge is 0.503 e. The summed E-state index contributed by atoms with van der Waals surface area (Å²) in [7, 11) is 3.73. The van der Waals surface area contributed by atoms with Crippen molar-refractivity contribution in [3.63, 3.8) is 0 Å². The summed E-state index contributed by atoms with van der Waals surface area (Å²) in [6.45, 7) is 1.49. The van der Waals surface area contributed by atoms with E-state index in [-0.39, 0.29) is 18.5 Å². The molecule has 1 aliphatic rings. The van der Waals surface area contributed by atoms with E-state index in [0.29, 0.717) is 24.5 Å². The van der Waals surface area contributed by atoms with Gasteiger partial charge >= 0.3 is 0 Å². The lowest BCUT2D eigenvalue weighted by Gasteiger charge is -2.23. The Balaban J connectivity index is 2.43. The standard InChI is InChI=1S/C14H22N2O4/c1-15(2)8-12-14(19)13(18)6-10(9-17)16(12)7-11-4-3-5-20-11/h6,11,17,19H,3-5,7-9H2,1-2H3. The highest BCUT2D eigenvalue weighted by molar-refractivity contribution is 5.30. The van der Waals surface area contributed by atoms with E-state index in [0.717, 1.165) is 19.4 Å². The van der Waals surface area contributed by atoms with E-state index in [1.54, 1.807) is 0 Å². The molecule has 20 heavy (non-hydrogen) atoms. The van der Waals surface area contributed by atoms with Gasteiger partial charge in [0.1, 0.15) is 0 Å². The fraction of sp³-hybridized carbons (Fsp3) is 0.643. The van der Waals surface area contributed by atoms with Crippen molar-refractivity contribution in [1.82, 2.24) is 9.47 Å². The van der Waals surface area contributed by atoms with Crippen LogP contribution in [0.1, 0.15) is 24.2 Å². The van der Waals surface area contributed by atoms with E-state index in [1.165, 1.54) is 6.07 Å². The van der Waals surface area contributed by atoms with Crippen LogP contribution >= 0.6 is 0 Å². The van der Waals surface area contributed by atoms with Crippen LogP contribution in [0.5, 0.6) is 5.75 Å². The lowest BCUT2D eigenvalue weighted by molar-refractivity contribution is 0.0933. The Morgan fingerprint density at radius 1 is 1.50 bits per heavy atom. The van der Waals surface area contributed by atoms with E-state index in [1.807, 2.05) is 23.6 Å². The van der Waals surface area contributed by atoms with Gasteiger partial charge in [-0.2, -0.15) is 0 Å². The number of aromatic hydroxyl groups is 1. The Hall–Kier alpha value is -1.37. The highest BCUT2D eigenvalue weighted by Crippen LogP contribution is 2.21. The monoisotopic (exact) mass is 282 g/mol. The van der Waals surface area contributed by atoms with Gasteiger partial charge in [-0.3, -0.25) is 4.79 Å². The number of aliphatic hydroxyl groups excluding tert-OH is 1. The van der Waals surface area contributed by atoms with Crippen LogP contribution in [0.2, 0.25) is 0 Å². The summed E-state index contributed by atoms with van der Waals surface area (Å²) in [4.78, 5) is 13.6. The lowest BCUT2D eigenvalue weighted by atomic mass is 10.2. The van der Waals surface area contributed by atoms with Crippen molar-refractivity contribution in [2.45, 2.75) is 38.6 Å². The zero-order valence-electron chi connectivity index (χ0n) is 12.0. The molecule has 6 nitrogen and oxygen atoms in total. The quantitative estimate of drug-likeness (QED) is 0.812. The minimum atomic E-state index is -0.450. The average molecular weight is 282 g/mol. The predicted octanol–water partition coefficient (Wildman–Crippen LogP) is 0.287. The summed E-state index contributed by atoms with van der Waals surface area (Å²) in [5.41, 5.74) is 0.594. The Morgan fingerprint density at radius 3 is 2.80 bits per heavy atom. The second-order valence-electron chi connectivity index (χ2n) is 5.44. The topological polar surface area (TPSA) is 74.9 Å². The van der Waals surface area contributed by atoms with Gasteiger partial charge in [-0.1, -0.05) is 0 Å². The number of nitrogens with zero attached hydrogens (tertiary/aromatic N) is 2. The molecular formula is C14H22N2O4. The molecule has 0 aliphatic carbocycles. The van der Waals surface area contributed by atoms with Crippen molar-refractivity contribution < 1.29 is 14.9 Å². The zero-order valence-corrected chi connectivity index (χ0v) is 12.0. The van der Waals surface area contributed by atoms with Gasteiger partial charge in [0.25, 0.3) is 0 Å². The van der Waals surface area contributed by atoms with Crippen LogP contribution in [0.25, 0.3) is 0 Å². The molecule has 0 amide bonds. The molecule has 1 aromatic rings. The van der Waals surface area contributed by atoms with E-state index in [4.69, 9.17) is 4.74 Å². The van der Waals surface area contributed by atoms with Crippen LogP contribution in [0, 0.1) is 0 Å². The number of hydrogen-bond donors (Lipinski definition) is 2. The zero-order chi connectivity index (χ0) is 14.7. The van der Waals surface area contributed by atoms with Crippen LogP contribution in [0.15, 0.2) is 10.9 Å². The first-order chi connectivity index (χ1) is 9.52. The highest BCUT2D eigenvalue weighted by Gasteiger charge is 2.21. The summed E-state index contributed by atoms with van der Waals surface area (Å²) in [5, 5.41) is 19.5. The Bertz CT molecular complexity index is 519. The van der Waals surface area contributed by atoms with Gasteiger partial charge in [-0.25, -0.2) is 0 Å². The maximum atomic E-state index is 11.8. The number of ether oxygens (including phenoxy) is 1. The van der Waals surface area contributed by atoms with E-state index in [2.05, 4.69) is 0 Å². The first-order valence-corrected chi connectivity index (χ1v) is 6.84. The molecule has 0 saturated carbocycles. The molecule has 6 heteroatoms. The van der Waals surface area contributed by atoms with E-state index >= 15 is 0 Å². The van der Waals surface area contributed by atoms with Gasteiger partial charge in [-0.15, -0.1) is 0 Å². The van der Waals surface area contributed by atoms with Crippen LogP contribution in [0.3, 0.4) is 0 Å². The van der Waals surface area contributed by atoms with Gasteiger partial charge in [0.05, 0.1) is 18.4 Å². The third-order valence-electron chi connectivity index (χ3n) is 3.52. The lowest BCUT2D eigenvalue weighted by Crippen LogP contribution is -2.26. The summed E-state index contributed by atoms with van der Waals surface area (Å²) in [6, 6.07) is 1.30. The van der Waals surface area contributed by atoms with Gasteiger partial charge in [-0.05, 0) is 26.9 Å². The van der Waals surface area contributed by atoms with Crippen molar-refractivity contribution in [3.05, 3.63) is 27.7 Å². The maximum absolute atomic E-state index is 11.8. The Labute approximate surface area is 118 Å². The first kappa shape index (κ1) is 15.0. The van der Waals surface area contributed by atoms with Crippen molar-refractivity contribution in [3.8, 4) is 5.75 Å². The minimum absolute atomic E-state index is 0.0723. The molecule has 0 radical (unpaired) electrons. The average Bonchev–Trinajstić information content (AvgIpc) is 2.90. The number of hydrogen-bond acceptors (Lipinski definition) is 5. The highest BCUT2D eigenvalue weighted by atomic mass is 16.5. The normalized spacial score (nSPS) is 18.9. The van der Waals surface area contributed by atoms with Crippen molar-refractivity contribution in [1.29, 1.82) is 0 Å². The van der Waals surface area contributed by atoms with Gasteiger partial charge in [0.15, 0.2) is 5.75 Å². The molecule has 1 saturated heterocycles. The van der Waals surface area contributed by atoms with E-state index < -0.39 is 5.43 Å². The third-order valence-corrected chi connectivity index (χ3v) is 3.52. The SMILES string of the molecule is CN(C)Cc1c(O)c(=O)cc(CO)n1CC1CCCO1. The number of pyridine rings is 1. The number of aromatic nitrogens is 1. The van der Waals surface area contributed by atoms with Gasteiger partial charge < -0.3 is 24.4 Å². The second-order valence-corrected chi connectivity index (χ2v) is 5.44. The van der Waals surface area contributed by atoms with Gasteiger partial charge in [0, 0.05) is 31.5 Å². The fourth-order valence-electron chi connectivity index (χ4n) is 2.55.